The predicted octanol–water partition coefficient (Wildman–Crippen LogP) is 5.97. The summed E-state index contributed by atoms with van der Waals surface area (Å²) < 4.78 is 0. The highest BCUT2D eigenvalue weighted by atomic mass is 14.6. The first-order chi connectivity index (χ1) is 11.3. The Morgan fingerprint density at radius 2 is 1.92 bits per heavy atom. The molecule has 0 saturated carbocycles. The molecule has 1 aromatic rings. The zero-order valence-electron chi connectivity index (χ0n) is 15.8. The fourth-order valence-electron chi connectivity index (χ4n) is 5.57. The Balaban J connectivity index is 2.08. The quantitative estimate of drug-likeness (QED) is 0.586. The van der Waals surface area contributed by atoms with E-state index in [1.165, 1.54) is 51.0 Å². The maximum absolute atomic E-state index is 6.84. The molecular weight excluding hydrogens is 290 g/mol. The van der Waals surface area contributed by atoms with Gasteiger partial charge >= 0.3 is 0 Å². The number of hydrogen-bond donors (Lipinski definition) is 1. The van der Waals surface area contributed by atoms with Crippen molar-refractivity contribution >= 4 is 11.3 Å². The lowest BCUT2D eigenvalue weighted by atomic mass is 9.60. The highest BCUT2D eigenvalue weighted by Gasteiger charge is 2.43. The Hall–Kier alpha value is -1.76. The van der Waals surface area contributed by atoms with Crippen molar-refractivity contribution in [3.63, 3.8) is 0 Å². The van der Waals surface area contributed by atoms with Gasteiger partial charge in [-0.2, -0.15) is 0 Å². The topological polar surface area (TPSA) is 26.0 Å². The SMILES string of the molecule is C=C1C=C2C(C)=C(C)CCC2(C)c2c(N)c3c(c(C)c21)C(C)CC3. The molecule has 0 aromatic heterocycles. The molecule has 2 N–H and O–H groups in total. The summed E-state index contributed by atoms with van der Waals surface area (Å²) >= 11 is 0. The summed E-state index contributed by atoms with van der Waals surface area (Å²) in [6.07, 6.45) is 7.02. The maximum Gasteiger partial charge on any atom is 0.0397 e. The van der Waals surface area contributed by atoms with E-state index in [9.17, 15) is 0 Å². The van der Waals surface area contributed by atoms with Crippen LogP contribution in [0, 0.1) is 6.92 Å². The molecule has 1 aromatic carbocycles. The van der Waals surface area contributed by atoms with E-state index in [0.29, 0.717) is 5.92 Å². The lowest BCUT2D eigenvalue weighted by molar-refractivity contribution is 0.489. The van der Waals surface area contributed by atoms with E-state index < -0.39 is 0 Å². The highest BCUT2D eigenvalue weighted by molar-refractivity contribution is 5.89. The Bertz CT molecular complexity index is 850. The second-order valence-electron chi connectivity index (χ2n) is 8.44. The van der Waals surface area contributed by atoms with Crippen LogP contribution in [0.1, 0.15) is 80.7 Å². The smallest absolute Gasteiger partial charge is 0.0397 e. The predicted molar refractivity (Wildman–Crippen MR) is 104 cm³/mol. The molecule has 1 heteroatoms. The van der Waals surface area contributed by atoms with Crippen LogP contribution in [-0.4, -0.2) is 0 Å². The third kappa shape index (κ3) is 1.76. The van der Waals surface area contributed by atoms with Crippen molar-refractivity contribution in [2.75, 3.05) is 5.73 Å². The molecule has 3 aliphatic rings. The van der Waals surface area contributed by atoms with Crippen LogP contribution in [0.3, 0.4) is 0 Å². The Kier molecular flexibility index (Phi) is 3.20. The van der Waals surface area contributed by atoms with Crippen LogP contribution in [0.15, 0.2) is 29.4 Å². The van der Waals surface area contributed by atoms with Gasteiger partial charge in [0.1, 0.15) is 0 Å². The standard InChI is InChI=1S/C23H29N/c1-12-9-10-23(6)18(15(12)4)11-14(3)20-16(5)19-13(2)7-8-17(19)22(24)21(20)23/h11,13H,3,7-10,24H2,1-2,4-6H3. The molecule has 24 heavy (non-hydrogen) atoms. The van der Waals surface area contributed by atoms with E-state index in [4.69, 9.17) is 5.73 Å². The molecule has 0 amide bonds. The van der Waals surface area contributed by atoms with Crippen molar-refractivity contribution in [2.24, 2.45) is 0 Å². The first-order valence-electron chi connectivity index (χ1n) is 9.30. The van der Waals surface area contributed by atoms with E-state index in [0.717, 1.165) is 30.5 Å². The average molecular weight is 319 g/mol. The number of hydrogen-bond acceptors (Lipinski definition) is 1. The van der Waals surface area contributed by atoms with Gasteiger partial charge in [-0.25, -0.2) is 0 Å². The lowest BCUT2D eigenvalue weighted by Crippen LogP contribution is -2.34. The van der Waals surface area contributed by atoms with Gasteiger partial charge in [-0.15, -0.1) is 0 Å². The monoisotopic (exact) mass is 319 g/mol. The third-order valence-corrected chi connectivity index (χ3v) is 7.10. The van der Waals surface area contributed by atoms with Gasteiger partial charge < -0.3 is 5.73 Å². The summed E-state index contributed by atoms with van der Waals surface area (Å²) in [5, 5.41) is 0. The lowest BCUT2D eigenvalue weighted by Gasteiger charge is -2.44. The minimum absolute atomic E-state index is 0.0375. The number of benzene rings is 1. The molecule has 1 nitrogen and oxygen atoms in total. The number of nitrogen functional groups attached to an aromatic ring is 1. The molecule has 126 valence electrons. The van der Waals surface area contributed by atoms with Crippen molar-refractivity contribution in [3.05, 3.63) is 57.2 Å². The van der Waals surface area contributed by atoms with Gasteiger partial charge in [0.05, 0.1) is 0 Å². The summed E-state index contributed by atoms with van der Waals surface area (Å²) in [4.78, 5) is 0. The number of nitrogens with two attached hydrogens (primary N) is 1. The van der Waals surface area contributed by atoms with Crippen LogP contribution in [0.25, 0.3) is 5.57 Å². The van der Waals surface area contributed by atoms with Crippen LogP contribution in [0.2, 0.25) is 0 Å². The number of fused-ring (bicyclic) bond motifs is 4. The van der Waals surface area contributed by atoms with Gasteiger partial charge in [0.25, 0.3) is 0 Å². The minimum atomic E-state index is 0.0375. The molecule has 0 bridgehead atoms. The van der Waals surface area contributed by atoms with E-state index >= 15 is 0 Å². The molecule has 0 aliphatic heterocycles. The number of rotatable bonds is 0. The number of anilines is 1. The first-order valence-corrected chi connectivity index (χ1v) is 9.30. The summed E-state index contributed by atoms with van der Waals surface area (Å²) in [5.41, 5.74) is 20.6. The third-order valence-electron chi connectivity index (χ3n) is 7.10. The molecule has 0 saturated heterocycles. The average Bonchev–Trinajstić information content (AvgIpc) is 2.92. The van der Waals surface area contributed by atoms with Gasteiger partial charge in [-0.05, 0) is 96.9 Å². The first kappa shape index (κ1) is 15.7. The van der Waals surface area contributed by atoms with E-state index in [2.05, 4.69) is 47.3 Å². The fourth-order valence-corrected chi connectivity index (χ4v) is 5.57. The van der Waals surface area contributed by atoms with Crippen LogP contribution in [0.4, 0.5) is 5.69 Å². The van der Waals surface area contributed by atoms with E-state index in [1.807, 2.05) is 0 Å². The second kappa shape index (κ2) is 4.88. The maximum atomic E-state index is 6.84. The zero-order chi connectivity index (χ0) is 17.4. The van der Waals surface area contributed by atoms with Crippen molar-refractivity contribution in [1.29, 1.82) is 0 Å². The van der Waals surface area contributed by atoms with Crippen molar-refractivity contribution in [3.8, 4) is 0 Å². The van der Waals surface area contributed by atoms with Crippen molar-refractivity contribution in [1.82, 2.24) is 0 Å². The second-order valence-corrected chi connectivity index (χ2v) is 8.44. The van der Waals surface area contributed by atoms with Crippen LogP contribution < -0.4 is 5.73 Å². The van der Waals surface area contributed by atoms with Gasteiger partial charge in [-0.3, -0.25) is 0 Å². The Morgan fingerprint density at radius 3 is 2.62 bits per heavy atom. The van der Waals surface area contributed by atoms with E-state index in [-0.39, 0.29) is 5.41 Å². The van der Waals surface area contributed by atoms with Gasteiger partial charge in [0, 0.05) is 11.1 Å². The van der Waals surface area contributed by atoms with Crippen LogP contribution in [-0.2, 0) is 11.8 Å². The highest BCUT2D eigenvalue weighted by Crippen LogP contribution is 2.56. The fraction of sp³-hybridized carbons (Fsp3) is 0.478. The minimum Gasteiger partial charge on any atom is -0.398 e. The van der Waals surface area contributed by atoms with Gasteiger partial charge in [0.15, 0.2) is 0 Å². The molecule has 0 heterocycles. The van der Waals surface area contributed by atoms with Crippen LogP contribution in [0.5, 0.6) is 0 Å². The van der Waals surface area contributed by atoms with Gasteiger partial charge in [0.2, 0.25) is 0 Å². The molecule has 0 radical (unpaired) electrons. The Morgan fingerprint density at radius 1 is 1.21 bits per heavy atom. The number of allylic oxidation sites excluding steroid dienone is 5. The van der Waals surface area contributed by atoms with Crippen molar-refractivity contribution in [2.45, 2.75) is 71.6 Å². The molecule has 0 spiro atoms. The molecular formula is C23H29N. The summed E-state index contributed by atoms with van der Waals surface area (Å²) in [6, 6.07) is 0. The summed E-state index contributed by atoms with van der Waals surface area (Å²) in [5.74, 6) is 0.619. The molecule has 4 rings (SSSR count). The Labute approximate surface area is 146 Å². The van der Waals surface area contributed by atoms with Gasteiger partial charge in [-0.1, -0.05) is 32.1 Å². The molecule has 0 fully saturated rings. The zero-order valence-corrected chi connectivity index (χ0v) is 15.8. The molecule has 3 aliphatic carbocycles. The van der Waals surface area contributed by atoms with Crippen molar-refractivity contribution < 1.29 is 0 Å². The van der Waals surface area contributed by atoms with Crippen LogP contribution >= 0.6 is 0 Å². The normalized spacial score (nSPS) is 28.5. The summed E-state index contributed by atoms with van der Waals surface area (Å²) in [6.45, 7) is 16.0. The summed E-state index contributed by atoms with van der Waals surface area (Å²) in [7, 11) is 0. The molecule has 2 atom stereocenters. The van der Waals surface area contributed by atoms with E-state index in [1.54, 1.807) is 0 Å². The molecule has 2 unspecified atom stereocenters. The largest absolute Gasteiger partial charge is 0.398 e.